The number of hydrogen-bond donors (Lipinski definition) is 2. The van der Waals surface area contributed by atoms with Gasteiger partial charge in [-0.25, -0.2) is 4.98 Å². The fourth-order valence-electron chi connectivity index (χ4n) is 1.30. The number of carbonyl (C=O) groups is 1. The van der Waals surface area contributed by atoms with E-state index in [0.717, 1.165) is 0 Å². The van der Waals surface area contributed by atoms with E-state index >= 15 is 0 Å². The maximum absolute atomic E-state index is 11.5. The molecule has 0 aliphatic carbocycles. The minimum absolute atomic E-state index is 0.305. The predicted molar refractivity (Wildman–Crippen MR) is 72.7 cm³/mol. The lowest BCUT2D eigenvalue weighted by Gasteiger charge is -1.99. The quantitative estimate of drug-likeness (QED) is 0.848. The van der Waals surface area contributed by atoms with Gasteiger partial charge in [-0.2, -0.15) is 0 Å². The summed E-state index contributed by atoms with van der Waals surface area (Å²) in [6, 6.07) is 5.04. The monoisotopic (exact) mass is 281 g/mol. The maximum Gasteiger partial charge on any atom is 0.250 e. The molecule has 0 bridgehead atoms. The molecule has 92 valence electrons. The first-order valence-electron chi connectivity index (χ1n) is 5.08. The van der Waals surface area contributed by atoms with Crippen molar-refractivity contribution in [1.82, 2.24) is 9.97 Å². The zero-order valence-electron chi connectivity index (χ0n) is 9.15. The Morgan fingerprint density at radius 2 is 2.22 bits per heavy atom. The summed E-state index contributed by atoms with van der Waals surface area (Å²) in [6.45, 7) is 0. The Morgan fingerprint density at radius 1 is 1.39 bits per heavy atom. The normalized spacial score (nSPS) is 10.8. The van der Waals surface area contributed by atoms with Crippen LogP contribution in [-0.4, -0.2) is 15.9 Å². The van der Waals surface area contributed by atoms with E-state index in [1.165, 1.54) is 6.08 Å². The first-order valence-corrected chi connectivity index (χ1v) is 5.84. The van der Waals surface area contributed by atoms with Crippen LogP contribution in [0.1, 0.15) is 5.56 Å². The molecule has 0 spiro atoms. The third kappa shape index (κ3) is 3.35. The zero-order chi connectivity index (χ0) is 13.0. The first kappa shape index (κ1) is 12.7. The fraction of sp³-hybridized carbons (Fsp3) is 0. The lowest BCUT2D eigenvalue weighted by atomic mass is 10.2. The van der Waals surface area contributed by atoms with Gasteiger partial charge in [-0.3, -0.25) is 10.1 Å². The van der Waals surface area contributed by atoms with Crippen molar-refractivity contribution < 1.29 is 4.79 Å². The van der Waals surface area contributed by atoms with E-state index in [0.29, 0.717) is 21.6 Å². The van der Waals surface area contributed by atoms with Crippen molar-refractivity contribution in [2.45, 2.75) is 0 Å². The number of aromatic nitrogens is 2. The Hall–Kier alpha value is -1.78. The fourth-order valence-corrected chi connectivity index (χ4v) is 1.66. The molecule has 0 saturated carbocycles. The molecule has 0 aliphatic heterocycles. The molecule has 2 N–H and O–H groups in total. The van der Waals surface area contributed by atoms with Gasteiger partial charge in [0.1, 0.15) is 0 Å². The molecule has 0 radical (unpaired) electrons. The van der Waals surface area contributed by atoms with Crippen LogP contribution in [0.5, 0.6) is 0 Å². The molecule has 0 unspecified atom stereocenters. The third-order valence-corrected chi connectivity index (χ3v) is 2.69. The number of imidazole rings is 1. The summed E-state index contributed by atoms with van der Waals surface area (Å²) in [5.41, 5.74) is 0.679. The molecule has 0 saturated heterocycles. The molecular formula is C12H9Cl2N3O. The summed E-state index contributed by atoms with van der Waals surface area (Å²) in [4.78, 5) is 18.2. The van der Waals surface area contributed by atoms with Gasteiger partial charge in [0.2, 0.25) is 5.95 Å². The van der Waals surface area contributed by atoms with Gasteiger partial charge in [-0.1, -0.05) is 23.2 Å². The third-order valence-electron chi connectivity index (χ3n) is 2.11. The van der Waals surface area contributed by atoms with Gasteiger partial charge in [-0.05, 0) is 29.8 Å². The number of carbonyl (C=O) groups excluding carboxylic acids is 1. The van der Waals surface area contributed by atoms with E-state index in [-0.39, 0.29) is 5.91 Å². The van der Waals surface area contributed by atoms with Crippen molar-refractivity contribution in [2.24, 2.45) is 0 Å². The Morgan fingerprint density at radius 3 is 2.94 bits per heavy atom. The second-order valence-corrected chi connectivity index (χ2v) is 4.27. The highest BCUT2D eigenvalue weighted by Gasteiger charge is 2.01. The first-order chi connectivity index (χ1) is 8.65. The van der Waals surface area contributed by atoms with Crippen molar-refractivity contribution in [2.75, 3.05) is 5.32 Å². The Labute approximate surface area is 114 Å². The van der Waals surface area contributed by atoms with Crippen LogP contribution in [0, 0.1) is 0 Å². The average Bonchev–Trinajstić information content (AvgIpc) is 2.83. The second-order valence-electron chi connectivity index (χ2n) is 3.43. The summed E-state index contributed by atoms with van der Waals surface area (Å²) in [5, 5.41) is 3.65. The number of anilines is 1. The SMILES string of the molecule is O=C(C=Cc1cc(Cl)ccc1Cl)Nc1ncc[nH]1. The number of rotatable bonds is 3. The van der Waals surface area contributed by atoms with Crippen LogP contribution in [0.3, 0.4) is 0 Å². The van der Waals surface area contributed by atoms with Gasteiger partial charge >= 0.3 is 0 Å². The van der Waals surface area contributed by atoms with Crippen molar-refractivity contribution in [3.05, 3.63) is 52.3 Å². The van der Waals surface area contributed by atoms with Gasteiger partial charge in [0.15, 0.2) is 0 Å². The number of nitrogens with one attached hydrogen (secondary N) is 2. The topological polar surface area (TPSA) is 57.8 Å². The van der Waals surface area contributed by atoms with Crippen LogP contribution in [0.2, 0.25) is 10.0 Å². The summed E-state index contributed by atoms with van der Waals surface area (Å²) >= 11 is 11.8. The Kier molecular flexibility index (Phi) is 4.02. The minimum atomic E-state index is -0.305. The number of amides is 1. The molecule has 1 aromatic carbocycles. The Bertz CT molecular complexity index is 579. The van der Waals surface area contributed by atoms with E-state index in [1.807, 2.05) is 0 Å². The summed E-state index contributed by atoms with van der Waals surface area (Å²) < 4.78 is 0. The van der Waals surface area contributed by atoms with Crippen LogP contribution >= 0.6 is 23.2 Å². The molecule has 0 fully saturated rings. The highest BCUT2D eigenvalue weighted by Crippen LogP contribution is 2.21. The van der Waals surface area contributed by atoms with Gasteiger partial charge < -0.3 is 4.98 Å². The van der Waals surface area contributed by atoms with Gasteiger partial charge in [0.25, 0.3) is 5.91 Å². The minimum Gasteiger partial charge on any atom is -0.331 e. The molecule has 1 amide bonds. The van der Waals surface area contributed by atoms with Gasteiger partial charge in [0.05, 0.1) is 0 Å². The van der Waals surface area contributed by atoms with Gasteiger partial charge in [0, 0.05) is 28.5 Å². The van der Waals surface area contributed by atoms with Crippen molar-refractivity contribution in [1.29, 1.82) is 0 Å². The molecule has 2 aromatic rings. The van der Waals surface area contributed by atoms with Crippen LogP contribution in [0.15, 0.2) is 36.7 Å². The van der Waals surface area contributed by atoms with E-state index in [1.54, 1.807) is 36.7 Å². The molecule has 0 atom stereocenters. The molecule has 1 heterocycles. The number of benzene rings is 1. The smallest absolute Gasteiger partial charge is 0.250 e. The number of H-pyrrole nitrogens is 1. The molecule has 0 aliphatic rings. The van der Waals surface area contributed by atoms with Crippen LogP contribution < -0.4 is 5.32 Å². The summed E-state index contributed by atoms with van der Waals surface area (Å²) in [7, 11) is 0. The van der Waals surface area contributed by atoms with E-state index in [9.17, 15) is 4.79 Å². The number of halogens is 2. The van der Waals surface area contributed by atoms with Gasteiger partial charge in [-0.15, -0.1) is 0 Å². The average molecular weight is 282 g/mol. The number of hydrogen-bond acceptors (Lipinski definition) is 2. The van der Waals surface area contributed by atoms with E-state index < -0.39 is 0 Å². The van der Waals surface area contributed by atoms with Crippen molar-refractivity contribution in [3.63, 3.8) is 0 Å². The summed E-state index contributed by atoms with van der Waals surface area (Å²) in [6.07, 6.45) is 6.12. The molecule has 2 rings (SSSR count). The number of nitrogens with zero attached hydrogens (tertiary/aromatic N) is 1. The molecule has 4 nitrogen and oxygen atoms in total. The predicted octanol–water partition coefficient (Wildman–Crippen LogP) is 3.37. The largest absolute Gasteiger partial charge is 0.331 e. The van der Waals surface area contributed by atoms with Crippen LogP contribution in [0.4, 0.5) is 5.95 Å². The maximum atomic E-state index is 11.5. The second kappa shape index (κ2) is 5.71. The lowest BCUT2D eigenvalue weighted by molar-refractivity contribution is -0.111. The molecule has 1 aromatic heterocycles. The number of aromatic amines is 1. The molecular weight excluding hydrogens is 273 g/mol. The molecule has 18 heavy (non-hydrogen) atoms. The Balaban J connectivity index is 2.06. The van der Waals surface area contributed by atoms with Crippen LogP contribution in [-0.2, 0) is 4.79 Å². The van der Waals surface area contributed by atoms with Crippen LogP contribution in [0.25, 0.3) is 6.08 Å². The highest BCUT2D eigenvalue weighted by atomic mass is 35.5. The lowest BCUT2D eigenvalue weighted by Crippen LogP contribution is -2.08. The van der Waals surface area contributed by atoms with Crippen molar-refractivity contribution in [3.8, 4) is 0 Å². The zero-order valence-corrected chi connectivity index (χ0v) is 10.7. The van der Waals surface area contributed by atoms with Crippen molar-refractivity contribution >= 4 is 41.1 Å². The standard InChI is InChI=1S/C12H9Cl2N3O/c13-9-2-3-10(14)8(7-9)1-4-11(18)17-12-15-5-6-16-12/h1-7H,(H2,15,16,17,18). The van der Waals surface area contributed by atoms with E-state index in [2.05, 4.69) is 15.3 Å². The molecule has 6 heteroatoms. The highest BCUT2D eigenvalue weighted by molar-refractivity contribution is 6.34. The van der Waals surface area contributed by atoms with E-state index in [4.69, 9.17) is 23.2 Å². The summed E-state index contributed by atoms with van der Waals surface area (Å²) in [5.74, 6) is 0.0860.